The molecule has 0 radical (unpaired) electrons. The standard InChI is InChI=1S/C6H6.C3H5NO2.C2H6/c1-2-4-6-5-3-1;5-3-4-1-2-6-3;1-2/h1-6H;1-2H2,(H,4,5);1-2H3. The molecule has 1 fully saturated rings. The Hall–Kier alpha value is -1.51. The van der Waals surface area contributed by atoms with Crippen molar-refractivity contribution < 1.29 is 9.53 Å². The summed E-state index contributed by atoms with van der Waals surface area (Å²) in [5.74, 6) is 0. The van der Waals surface area contributed by atoms with Crippen molar-refractivity contribution in [1.29, 1.82) is 0 Å². The van der Waals surface area contributed by atoms with E-state index in [-0.39, 0.29) is 6.09 Å². The van der Waals surface area contributed by atoms with E-state index in [0.29, 0.717) is 13.2 Å². The Labute approximate surface area is 85.1 Å². The van der Waals surface area contributed by atoms with Crippen molar-refractivity contribution in [2.24, 2.45) is 0 Å². The van der Waals surface area contributed by atoms with E-state index in [1.807, 2.05) is 50.2 Å². The number of nitrogens with one attached hydrogen (secondary N) is 1. The Morgan fingerprint density at radius 1 is 1.07 bits per heavy atom. The second kappa shape index (κ2) is 9.58. The first-order valence-electron chi connectivity index (χ1n) is 4.80. The molecule has 1 N–H and O–H groups in total. The zero-order valence-electron chi connectivity index (χ0n) is 8.69. The fraction of sp³-hybridized carbons (Fsp3) is 0.364. The van der Waals surface area contributed by atoms with Crippen molar-refractivity contribution in [3.05, 3.63) is 36.4 Å². The third-order valence-corrected chi connectivity index (χ3v) is 1.27. The average molecular weight is 195 g/mol. The second-order valence-electron chi connectivity index (χ2n) is 2.22. The molecule has 0 unspecified atom stereocenters. The number of ether oxygens (including phenoxy) is 1. The van der Waals surface area contributed by atoms with Gasteiger partial charge in [0.2, 0.25) is 0 Å². The summed E-state index contributed by atoms with van der Waals surface area (Å²) in [6.07, 6.45) is -0.296. The first kappa shape index (κ1) is 12.5. The summed E-state index contributed by atoms with van der Waals surface area (Å²) in [4.78, 5) is 9.91. The number of benzene rings is 1. The lowest BCUT2D eigenvalue weighted by atomic mass is 10.4. The molecule has 1 aromatic carbocycles. The van der Waals surface area contributed by atoms with Crippen LogP contribution in [0.5, 0.6) is 0 Å². The van der Waals surface area contributed by atoms with Crippen molar-refractivity contribution in [2.75, 3.05) is 13.2 Å². The SMILES string of the molecule is CC.O=C1NCCO1.c1ccccc1. The molecule has 3 nitrogen and oxygen atoms in total. The molecule has 3 heteroatoms. The van der Waals surface area contributed by atoms with Gasteiger partial charge in [0.25, 0.3) is 0 Å². The number of amides is 1. The Kier molecular flexibility index (Phi) is 8.54. The summed E-state index contributed by atoms with van der Waals surface area (Å²) in [5, 5.41) is 2.46. The minimum absolute atomic E-state index is 0.296. The lowest BCUT2D eigenvalue weighted by molar-refractivity contribution is 0.178. The van der Waals surface area contributed by atoms with E-state index >= 15 is 0 Å². The molecule has 1 aliphatic rings. The molecule has 0 aliphatic carbocycles. The van der Waals surface area contributed by atoms with Gasteiger partial charge >= 0.3 is 6.09 Å². The van der Waals surface area contributed by atoms with Gasteiger partial charge in [-0.25, -0.2) is 4.79 Å². The highest BCUT2D eigenvalue weighted by Crippen LogP contribution is 1.82. The van der Waals surface area contributed by atoms with Crippen LogP contribution in [0.15, 0.2) is 36.4 Å². The van der Waals surface area contributed by atoms with Crippen LogP contribution in [0.25, 0.3) is 0 Å². The fourth-order valence-electron chi connectivity index (χ4n) is 0.733. The average Bonchev–Trinajstić information content (AvgIpc) is 2.76. The number of carbonyl (C=O) groups excluding carboxylic acids is 1. The minimum Gasteiger partial charge on any atom is -0.448 e. The third kappa shape index (κ3) is 7.16. The van der Waals surface area contributed by atoms with Crippen LogP contribution in [-0.2, 0) is 4.74 Å². The normalized spacial score (nSPS) is 12.3. The molecule has 0 aromatic heterocycles. The number of hydrogen-bond donors (Lipinski definition) is 1. The number of rotatable bonds is 0. The van der Waals surface area contributed by atoms with E-state index in [1.165, 1.54) is 0 Å². The highest BCUT2D eigenvalue weighted by molar-refractivity contribution is 5.68. The summed E-state index contributed by atoms with van der Waals surface area (Å²) in [7, 11) is 0. The maximum Gasteiger partial charge on any atom is 0.407 e. The molecule has 2 rings (SSSR count). The first-order chi connectivity index (χ1) is 6.89. The van der Waals surface area contributed by atoms with E-state index in [1.54, 1.807) is 0 Å². The largest absolute Gasteiger partial charge is 0.448 e. The summed E-state index contributed by atoms with van der Waals surface area (Å²) < 4.78 is 4.40. The van der Waals surface area contributed by atoms with Gasteiger partial charge in [0.1, 0.15) is 6.61 Å². The van der Waals surface area contributed by atoms with Crippen LogP contribution in [0.2, 0.25) is 0 Å². The van der Waals surface area contributed by atoms with Gasteiger partial charge in [-0.05, 0) is 0 Å². The molecule has 1 amide bonds. The monoisotopic (exact) mass is 195 g/mol. The quantitative estimate of drug-likeness (QED) is 0.690. The van der Waals surface area contributed by atoms with Crippen molar-refractivity contribution in [2.45, 2.75) is 13.8 Å². The Balaban J connectivity index is 0.000000206. The van der Waals surface area contributed by atoms with Gasteiger partial charge in [0.15, 0.2) is 0 Å². The molecule has 0 atom stereocenters. The van der Waals surface area contributed by atoms with E-state index in [9.17, 15) is 4.79 Å². The van der Waals surface area contributed by atoms with Gasteiger partial charge < -0.3 is 10.1 Å². The van der Waals surface area contributed by atoms with E-state index in [2.05, 4.69) is 10.1 Å². The molecule has 0 saturated carbocycles. The highest BCUT2D eigenvalue weighted by Gasteiger charge is 2.06. The number of hydrogen-bond acceptors (Lipinski definition) is 2. The summed E-state index contributed by atoms with van der Waals surface area (Å²) in [6.45, 7) is 5.19. The van der Waals surface area contributed by atoms with Crippen LogP contribution in [0.3, 0.4) is 0 Å². The maximum absolute atomic E-state index is 9.91. The van der Waals surface area contributed by atoms with Crippen molar-refractivity contribution >= 4 is 6.09 Å². The van der Waals surface area contributed by atoms with Crippen molar-refractivity contribution in [1.82, 2.24) is 5.32 Å². The Morgan fingerprint density at radius 3 is 1.64 bits per heavy atom. The van der Waals surface area contributed by atoms with E-state index < -0.39 is 0 Å². The van der Waals surface area contributed by atoms with Crippen LogP contribution in [-0.4, -0.2) is 19.2 Å². The molecule has 14 heavy (non-hydrogen) atoms. The van der Waals surface area contributed by atoms with Gasteiger partial charge in [0.05, 0.1) is 6.54 Å². The molecule has 1 aliphatic heterocycles. The number of carbonyl (C=O) groups is 1. The molecule has 1 aromatic rings. The van der Waals surface area contributed by atoms with Gasteiger partial charge in [-0.15, -0.1) is 0 Å². The van der Waals surface area contributed by atoms with Crippen LogP contribution in [0.4, 0.5) is 4.79 Å². The summed E-state index contributed by atoms with van der Waals surface area (Å²) in [6, 6.07) is 12.0. The molecule has 78 valence electrons. The molecular formula is C11H17NO2. The van der Waals surface area contributed by atoms with Crippen LogP contribution < -0.4 is 5.32 Å². The Morgan fingerprint density at radius 2 is 1.50 bits per heavy atom. The van der Waals surface area contributed by atoms with Crippen LogP contribution in [0.1, 0.15) is 13.8 Å². The third-order valence-electron chi connectivity index (χ3n) is 1.27. The van der Waals surface area contributed by atoms with Gasteiger partial charge in [-0.1, -0.05) is 50.2 Å². The maximum atomic E-state index is 9.91. The van der Waals surface area contributed by atoms with Crippen LogP contribution in [0, 0.1) is 0 Å². The topological polar surface area (TPSA) is 38.3 Å². The second-order valence-corrected chi connectivity index (χ2v) is 2.22. The van der Waals surface area contributed by atoms with Crippen molar-refractivity contribution in [3.63, 3.8) is 0 Å². The lowest BCUT2D eigenvalue weighted by Crippen LogP contribution is -2.11. The zero-order chi connectivity index (χ0) is 10.6. The molecule has 1 heterocycles. The van der Waals surface area contributed by atoms with Gasteiger partial charge in [-0.2, -0.15) is 0 Å². The van der Waals surface area contributed by atoms with Crippen LogP contribution >= 0.6 is 0 Å². The fourth-order valence-corrected chi connectivity index (χ4v) is 0.733. The van der Waals surface area contributed by atoms with E-state index in [4.69, 9.17) is 0 Å². The first-order valence-corrected chi connectivity index (χ1v) is 4.80. The molecular weight excluding hydrogens is 178 g/mol. The van der Waals surface area contributed by atoms with Gasteiger partial charge in [0, 0.05) is 0 Å². The Bertz CT molecular complexity index is 189. The summed E-state index contributed by atoms with van der Waals surface area (Å²) >= 11 is 0. The predicted molar refractivity (Wildman–Crippen MR) is 57.1 cm³/mol. The molecule has 0 spiro atoms. The smallest absolute Gasteiger partial charge is 0.407 e. The minimum atomic E-state index is -0.296. The highest BCUT2D eigenvalue weighted by atomic mass is 16.6. The number of alkyl carbamates (subject to hydrolysis) is 1. The molecule has 0 bridgehead atoms. The predicted octanol–water partition coefficient (Wildman–Crippen LogP) is 2.44. The number of cyclic esters (lactones) is 1. The van der Waals surface area contributed by atoms with Crippen molar-refractivity contribution in [3.8, 4) is 0 Å². The summed E-state index contributed by atoms with van der Waals surface area (Å²) in [5.41, 5.74) is 0. The lowest BCUT2D eigenvalue weighted by Gasteiger charge is -1.80. The zero-order valence-corrected chi connectivity index (χ0v) is 8.69. The van der Waals surface area contributed by atoms with Gasteiger partial charge in [-0.3, -0.25) is 0 Å². The van der Waals surface area contributed by atoms with E-state index in [0.717, 1.165) is 0 Å². The molecule has 1 saturated heterocycles.